The molecular weight excluding hydrogens is 451 g/mol. The predicted octanol–water partition coefficient (Wildman–Crippen LogP) is 3.23. The van der Waals surface area contributed by atoms with E-state index < -0.39 is 12.0 Å². The van der Waals surface area contributed by atoms with E-state index in [1.807, 2.05) is 41.8 Å². The van der Waals surface area contributed by atoms with Gasteiger partial charge in [0, 0.05) is 19.3 Å². The topological polar surface area (TPSA) is 126 Å². The lowest BCUT2D eigenvalue weighted by atomic mass is 10.1. The van der Waals surface area contributed by atoms with Gasteiger partial charge in [-0.3, -0.25) is 9.88 Å². The van der Waals surface area contributed by atoms with Gasteiger partial charge in [0.15, 0.2) is 11.5 Å². The van der Waals surface area contributed by atoms with Crippen LogP contribution in [0, 0.1) is 5.82 Å². The molecule has 0 aliphatic heterocycles. The maximum atomic E-state index is 15.2. The average molecular weight is 477 g/mol. The van der Waals surface area contributed by atoms with E-state index in [4.69, 9.17) is 9.72 Å². The Bertz CT molecular complexity index is 1450. The molecule has 5 aromatic rings. The number of fused-ring (bicyclic) bond motifs is 2. The number of rotatable bonds is 9. The summed E-state index contributed by atoms with van der Waals surface area (Å²) >= 11 is 0. The summed E-state index contributed by atoms with van der Waals surface area (Å²) in [5.41, 5.74) is 3.14. The SMILES string of the molecule is COCCNC(O)c1c(F)ccc2nc(C(C)Nc3ncnc4nc[nH]c34)n(-c3ccccc3)c12. The second-order valence-electron chi connectivity index (χ2n) is 8.01. The van der Waals surface area contributed by atoms with Gasteiger partial charge < -0.3 is 20.1 Å². The van der Waals surface area contributed by atoms with E-state index in [1.165, 1.54) is 12.4 Å². The molecule has 0 aliphatic rings. The van der Waals surface area contributed by atoms with Crippen molar-refractivity contribution in [1.29, 1.82) is 0 Å². The molecule has 35 heavy (non-hydrogen) atoms. The number of nitrogens with zero attached hydrogens (tertiary/aromatic N) is 5. The number of para-hydroxylation sites is 1. The zero-order valence-corrected chi connectivity index (χ0v) is 19.2. The first-order valence-corrected chi connectivity index (χ1v) is 11.2. The predicted molar refractivity (Wildman–Crippen MR) is 130 cm³/mol. The van der Waals surface area contributed by atoms with Crippen molar-refractivity contribution in [2.75, 3.05) is 25.6 Å². The summed E-state index contributed by atoms with van der Waals surface area (Å²) < 4.78 is 22.1. The maximum absolute atomic E-state index is 15.2. The van der Waals surface area contributed by atoms with Crippen molar-refractivity contribution in [3.63, 3.8) is 0 Å². The molecule has 0 fully saturated rings. The normalized spacial score (nSPS) is 13.4. The molecule has 4 N–H and O–H groups in total. The van der Waals surface area contributed by atoms with E-state index in [0.29, 0.717) is 47.0 Å². The summed E-state index contributed by atoms with van der Waals surface area (Å²) in [6.45, 7) is 2.67. The number of aromatic nitrogens is 6. The Kier molecular flexibility index (Phi) is 6.36. The number of nitrogens with one attached hydrogen (secondary N) is 3. The van der Waals surface area contributed by atoms with Crippen molar-refractivity contribution in [3.05, 3.63) is 72.3 Å². The Balaban J connectivity index is 1.65. The highest BCUT2D eigenvalue weighted by Gasteiger charge is 2.25. The molecule has 0 saturated heterocycles. The lowest BCUT2D eigenvalue weighted by molar-refractivity contribution is 0.117. The number of hydrogen-bond donors (Lipinski definition) is 4. The van der Waals surface area contributed by atoms with E-state index in [2.05, 4.69) is 30.6 Å². The van der Waals surface area contributed by atoms with Crippen LogP contribution in [0.5, 0.6) is 0 Å². The van der Waals surface area contributed by atoms with Gasteiger partial charge in [0.05, 0.1) is 35.6 Å². The lowest BCUT2D eigenvalue weighted by Crippen LogP contribution is -2.26. The third-order valence-electron chi connectivity index (χ3n) is 5.73. The number of methoxy groups -OCH3 is 1. The number of ether oxygens (including phenoxy) is 1. The molecular formula is C24H25FN8O2. The molecule has 11 heteroatoms. The molecule has 0 bridgehead atoms. The van der Waals surface area contributed by atoms with Gasteiger partial charge in [0.1, 0.15) is 29.7 Å². The number of benzene rings is 2. The Labute approximate surface area is 200 Å². The zero-order valence-electron chi connectivity index (χ0n) is 19.2. The van der Waals surface area contributed by atoms with Crippen molar-refractivity contribution < 1.29 is 14.2 Å². The Morgan fingerprint density at radius 2 is 1.97 bits per heavy atom. The van der Waals surface area contributed by atoms with Gasteiger partial charge in [0.2, 0.25) is 0 Å². The molecule has 3 aromatic heterocycles. The van der Waals surface area contributed by atoms with Crippen molar-refractivity contribution in [2.45, 2.75) is 19.2 Å². The van der Waals surface area contributed by atoms with E-state index >= 15 is 4.39 Å². The van der Waals surface area contributed by atoms with Gasteiger partial charge in [-0.1, -0.05) is 18.2 Å². The highest BCUT2D eigenvalue weighted by molar-refractivity contribution is 5.84. The fraction of sp³-hybridized carbons (Fsp3) is 0.250. The van der Waals surface area contributed by atoms with Crippen molar-refractivity contribution in [2.24, 2.45) is 0 Å². The number of aliphatic hydroxyl groups excluding tert-OH is 1. The Morgan fingerprint density at radius 3 is 2.77 bits per heavy atom. The second-order valence-corrected chi connectivity index (χ2v) is 8.01. The van der Waals surface area contributed by atoms with E-state index in [9.17, 15) is 5.11 Å². The van der Waals surface area contributed by atoms with Crippen LogP contribution in [0.1, 0.15) is 30.6 Å². The lowest BCUT2D eigenvalue weighted by Gasteiger charge is -2.19. The van der Waals surface area contributed by atoms with Gasteiger partial charge in [-0.2, -0.15) is 0 Å². The number of halogens is 1. The van der Waals surface area contributed by atoms with Gasteiger partial charge >= 0.3 is 0 Å². The summed E-state index contributed by atoms with van der Waals surface area (Å²) in [5.74, 6) is 0.655. The molecule has 5 rings (SSSR count). The molecule has 0 aliphatic carbocycles. The van der Waals surface area contributed by atoms with Crippen molar-refractivity contribution in [3.8, 4) is 5.69 Å². The Morgan fingerprint density at radius 1 is 1.14 bits per heavy atom. The first kappa shape index (κ1) is 22.8. The van der Waals surface area contributed by atoms with Crippen LogP contribution in [0.3, 0.4) is 0 Å². The number of aliphatic hydroxyl groups is 1. The summed E-state index contributed by atoms with van der Waals surface area (Å²) in [7, 11) is 1.56. The summed E-state index contributed by atoms with van der Waals surface area (Å²) in [6, 6.07) is 12.1. The van der Waals surface area contributed by atoms with Crippen LogP contribution in [-0.2, 0) is 4.74 Å². The summed E-state index contributed by atoms with van der Waals surface area (Å²) in [4.78, 5) is 20.6. The van der Waals surface area contributed by atoms with Crippen LogP contribution < -0.4 is 10.6 Å². The molecule has 0 spiro atoms. The highest BCUT2D eigenvalue weighted by Crippen LogP contribution is 2.33. The zero-order chi connectivity index (χ0) is 24.4. The maximum Gasteiger partial charge on any atom is 0.182 e. The minimum atomic E-state index is -1.25. The van der Waals surface area contributed by atoms with E-state index in [-0.39, 0.29) is 11.6 Å². The van der Waals surface area contributed by atoms with Gasteiger partial charge in [0.25, 0.3) is 0 Å². The average Bonchev–Trinajstić information content (AvgIpc) is 3.50. The van der Waals surface area contributed by atoms with E-state index in [0.717, 1.165) is 5.69 Å². The molecule has 2 atom stereocenters. The first-order chi connectivity index (χ1) is 17.1. The fourth-order valence-electron chi connectivity index (χ4n) is 4.12. The molecule has 0 amide bonds. The fourth-order valence-corrected chi connectivity index (χ4v) is 4.12. The summed E-state index contributed by atoms with van der Waals surface area (Å²) in [5, 5.41) is 17.2. The molecule has 180 valence electrons. The number of H-pyrrole nitrogens is 1. The second kappa shape index (κ2) is 9.74. The minimum Gasteiger partial charge on any atom is -0.383 e. The minimum absolute atomic E-state index is 0.117. The Hall–Kier alpha value is -3.93. The van der Waals surface area contributed by atoms with E-state index in [1.54, 1.807) is 19.5 Å². The standard InChI is InChI=1S/C24H25FN8O2/c1-14(31-22-19-21(28-12-27-19)29-13-30-22)23-32-17-9-8-16(25)18(24(34)26-10-11-35-2)20(17)33(23)15-6-4-3-5-7-15/h3-9,12-14,24,26,34H,10-11H2,1-2H3,(H2,27,28,29,30,31). The third kappa shape index (κ3) is 4.32. The number of hydrogen-bond acceptors (Lipinski definition) is 8. The van der Waals surface area contributed by atoms with Gasteiger partial charge in [-0.05, 0) is 31.2 Å². The number of imidazole rings is 2. The van der Waals surface area contributed by atoms with Crippen LogP contribution in [0.2, 0.25) is 0 Å². The van der Waals surface area contributed by atoms with Crippen LogP contribution in [0.25, 0.3) is 27.9 Å². The molecule has 2 unspecified atom stereocenters. The molecule has 10 nitrogen and oxygen atoms in total. The number of anilines is 1. The third-order valence-corrected chi connectivity index (χ3v) is 5.73. The molecule has 2 aromatic carbocycles. The van der Waals surface area contributed by atoms with Gasteiger partial charge in [-0.25, -0.2) is 24.3 Å². The van der Waals surface area contributed by atoms with Crippen LogP contribution >= 0.6 is 0 Å². The van der Waals surface area contributed by atoms with Crippen molar-refractivity contribution >= 4 is 28.0 Å². The summed E-state index contributed by atoms with van der Waals surface area (Å²) in [6.07, 6.45) is 1.74. The number of aromatic amines is 1. The molecule has 3 heterocycles. The highest BCUT2D eigenvalue weighted by atomic mass is 19.1. The smallest absolute Gasteiger partial charge is 0.182 e. The van der Waals surface area contributed by atoms with Crippen molar-refractivity contribution in [1.82, 2.24) is 34.8 Å². The largest absolute Gasteiger partial charge is 0.383 e. The molecule has 0 saturated carbocycles. The van der Waals surface area contributed by atoms with Crippen LogP contribution in [-0.4, -0.2) is 54.9 Å². The molecule has 0 radical (unpaired) electrons. The monoisotopic (exact) mass is 476 g/mol. The first-order valence-electron chi connectivity index (χ1n) is 11.2. The van der Waals surface area contributed by atoms with Crippen LogP contribution in [0.4, 0.5) is 10.2 Å². The quantitative estimate of drug-likeness (QED) is 0.189. The van der Waals surface area contributed by atoms with Gasteiger partial charge in [-0.15, -0.1) is 0 Å². The van der Waals surface area contributed by atoms with Crippen LogP contribution in [0.15, 0.2) is 55.1 Å².